The first kappa shape index (κ1) is 25.0. The SMILES string of the molecule is Cc1ccc(OCC2(O)CCN(Cc3ccc(OCCCN4CC(=O)NC4=O)cc3)CC2)c(C)c1. The van der Waals surface area contributed by atoms with E-state index >= 15 is 0 Å². The van der Waals surface area contributed by atoms with Crippen molar-refractivity contribution in [2.45, 2.75) is 45.3 Å². The molecule has 2 aliphatic rings. The average molecular weight is 482 g/mol. The summed E-state index contributed by atoms with van der Waals surface area (Å²) in [5, 5.41) is 13.3. The second-order valence-corrected chi connectivity index (χ2v) is 9.68. The number of nitrogens with zero attached hydrogens (tertiary/aromatic N) is 2. The number of aryl methyl sites for hydroxylation is 2. The third-order valence-corrected chi connectivity index (χ3v) is 6.65. The minimum atomic E-state index is -0.797. The van der Waals surface area contributed by atoms with E-state index in [9.17, 15) is 14.7 Å². The van der Waals surface area contributed by atoms with Crippen LogP contribution in [0.2, 0.25) is 0 Å². The van der Waals surface area contributed by atoms with Gasteiger partial charge in [0.25, 0.3) is 0 Å². The third kappa shape index (κ3) is 6.96. The van der Waals surface area contributed by atoms with Gasteiger partial charge in [-0.2, -0.15) is 0 Å². The van der Waals surface area contributed by atoms with Crippen LogP contribution in [0.5, 0.6) is 11.5 Å². The van der Waals surface area contributed by atoms with Crippen LogP contribution in [0.1, 0.15) is 36.0 Å². The van der Waals surface area contributed by atoms with Gasteiger partial charge in [0, 0.05) is 26.2 Å². The van der Waals surface area contributed by atoms with E-state index in [4.69, 9.17) is 9.47 Å². The van der Waals surface area contributed by atoms with Crippen LogP contribution in [-0.4, -0.2) is 71.8 Å². The maximum Gasteiger partial charge on any atom is 0.324 e. The zero-order valence-corrected chi connectivity index (χ0v) is 20.6. The Morgan fingerprint density at radius 1 is 1.03 bits per heavy atom. The number of ether oxygens (including phenoxy) is 2. The Morgan fingerprint density at radius 2 is 1.77 bits per heavy atom. The molecule has 0 spiro atoms. The summed E-state index contributed by atoms with van der Waals surface area (Å²) in [4.78, 5) is 26.6. The molecule has 0 atom stereocenters. The van der Waals surface area contributed by atoms with Crippen molar-refractivity contribution in [1.29, 1.82) is 0 Å². The summed E-state index contributed by atoms with van der Waals surface area (Å²) in [5.41, 5.74) is 2.69. The molecule has 2 N–H and O–H groups in total. The van der Waals surface area contributed by atoms with Crippen LogP contribution < -0.4 is 14.8 Å². The normalized spacial score (nSPS) is 18.0. The number of carbonyl (C=O) groups is 2. The van der Waals surface area contributed by atoms with Gasteiger partial charge in [0.05, 0.1) is 6.61 Å². The summed E-state index contributed by atoms with van der Waals surface area (Å²) in [5.74, 6) is 1.37. The second-order valence-electron chi connectivity index (χ2n) is 9.68. The average Bonchev–Trinajstić information content (AvgIpc) is 3.15. The molecule has 8 heteroatoms. The summed E-state index contributed by atoms with van der Waals surface area (Å²) in [7, 11) is 0. The van der Waals surface area contributed by atoms with Crippen molar-refractivity contribution in [3.63, 3.8) is 0 Å². The summed E-state index contributed by atoms with van der Waals surface area (Å²) < 4.78 is 11.7. The topological polar surface area (TPSA) is 91.3 Å². The predicted octanol–water partition coefficient (Wildman–Crippen LogP) is 3.03. The zero-order chi connectivity index (χ0) is 24.8. The van der Waals surface area contributed by atoms with Crippen LogP contribution in [0.25, 0.3) is 0 Å². The Balaban J connectivity index is 1.16. The van der Waals surface area contributed by atoms with Crippen LogP contribution in [0.15, 0.2) is 42.5 Å². The molecular weight excluding hydrogens is 446 g/mol. The quantitative estimate of drug-likeness (QED) is 0.400. The van der Waals surface area contributed by atoms with Crippen molar-refractivity contribution >= 4 is 11.9 Å². The molecule has 188 valence electrons. The van der Waals surface area contributed by atoms with Crippen molar-refractivity contribution < 1.29 is 24.2 Å². The van der Waals surface area contributed by atoms with Gasteiger partial charge in [0.1, 0.15) is 30.3 Å². The number of hydrogen-bond acceptors (Lipinski definition) is 6. The molecule has 2 aromatic carbocycles. The molecule has 0 unspecified atom stereocenters. The summed E-state index contributed by atoms with van der Waals surface area (Å²) >= 11 is 0. The highest BCUT2D eigenvalue weighted by Gasteiger charge is 2.33. The van der Waals surface area contributed by atoms with Gasteiger partial charge in [0.2, 0.25) is 5.91 Å². The molecule has 35 heavy (non-hydrogen) atoms. The Labute approximate surface area is 206 Å². The highest BCUT2D eigenvalue weighted by Crippen LogP contribution is 2.27. The molecule has 3 amide bonds. The first-order valence-electron chi connectivity index (χ1n) is 12.2. The third-order valence-electron chi connectivity index (χ3n) is 6.65. The van der Waals surface area contributed by atoms with Crippen LogP contribution >= 0.6 is 0 Å². The zero-order valence-electron chi connectivity index (χ0n) is 20.6. The van der Waals surface area contributed by atoms with Gasteiger partial charge >= 0.3 is 6.03 Å². The summed E-state index contributed by atoms with van der Waals surface area (Å²) in [6.45, 7) is 7.96. The van der Waals surface area contributed by atoms with Gasteiger partial charge in [-0.15, -0.1) is 0 Å². The molecule has 0 saturated carbocycles. The van der Waals surface area contributed by atoms with E-state index in [1.807, 2.05) is 31.2 Å². The molecule has 2 aliphatic heterocycles. The molecule has 2 saturated heterocycles. The highest BCUT2D eigenvalue weighted by molar-refractivity contribution is 6.01. The van der Waals surface area contributed by atoms with Gasteiger partial charge in [-0.05, 0) is 62.4 Å². The number of rotatable bonds is 10. The van der Waals surface area contributed by atoms with Crippen molar-refractivity contribution in [2.24, 2.45) is 0 Å². The number of urea groups is 1. The number of imide groups is 1. The molecule has 0 aliphatic carbocycles. The predicted molar refractivity (Wildman–Crippen MR) is 133 cm³/mol. The van der Waals surface area contributed by atoms with Gasteiger partial charge in [-0.1, -0.05) is 29.8 Å². The maximum atomic E-state index is 11.5. The Kier molecular flexibility index (Phi) is 7.93. The number of amides is 3. The molecular formula is C27H35N3O5. The van der Waals surface area contributed by atoms with Crippen LogP contribution in [0.3, 0.4) is 0 Å². The van der Waals surface area contributed by atoms with Crippen molar-refractivity contribution in [2.75, 3.05) is 39.4 Å². The Morgan fingerprint density at radius 3 is 2.43 bits per heavy atom. The van der Waals surface area contributed by atoms with Crippen molar-refractivity contribution in [1.82, 2.24) is 15.1 Å². The van der Waals surface area contributed by atoms with E-state index < -0.39 is 5.60 Å². The monoisotopic (exact) mass is 481 g/mol. The van der Waals surface area contributed by atoms with Crippen molar-refractivity contribution in [3.05, 3.63) is 59.2 Å². The number of hydrogen-bond donors (Lipinski definition) is 2. The maximum absolute atomic E-state index is 11.5. The van der Waals surface area contributed by atoms with E-state index in [0.717, 1.165) is 36.7 Å². The van der Waals surface area contributed by atoms with Gasteiger partial charge in [0.15, 0.2) is 0 Å². The number of aliphatic hydroxyl groups is 1. The molecule has 0 aromatic heterocycles. The van der Waals surface area contributed by atoms with E-state index in [1.54, 1.807) is 0 Å². The van der Waals surface area contributed by atoms with E-state index in [0.29, 0.717) is 39.0 Å². The standard InChI is InChI=1S/C27H35N3O5/c1-20-4-9-24(21(2)16-20)35-19-27(33)10-13-29(14-11-27)17-22-5-7-23(8-6-22)34-15-3-12-30-18-25(31)28-26(30)32/h4-9,16,33H,3,10-15,17-19H2,1-2H3,(H,28,31,32). The lowest BCUT2D eigenvalue weighted by Gasteiger charge is -2.38. The van der Waals surface area contributed by atoms with E-state index in [-0.39, 0.29) is 18.5 Å². The number of piperidine rings is 1. The summed E-state index contributed by atoms with van der Waals surface area (Å²) in [6.07, 6.45) is 2.02. The number of nitrogens with one attached hydrogen (secondary N) is 1. The molecule has 8 nitrogen and oxygen atoms in total. The Hall–Kier alpha value is -3.10. The lowest BCUT2D eigenvalue weighted by Crippen LogP contribution is -2.47. The van der Waals surface area contributed by atoms with Crippen molar-refractivity contribution in [3.8, 4) is 11.5 Å². The largest absolute Gasteiger partial charge is 0.494 e. The molecule has 2 aromatic rings. The molecule has 4 rings (SSSR count). The van der Waals surface area contributed by atoms with E-state index in [1.165, 1.54) is 16.0 Å². The van der Waals surface area contributed by atoms with Gasteiger partial charge in [-0.25, -0.2) is 4.79 Å². The smallest absolute Gasteiger partial charge is 0.324 e. The van der Waals surface area contributed by atoms with Crippen LogP contribution in [0.4, 0.5) is 4.79 Å². The van der Waals surface area contributed by atoms with Gasteiger partial charge < -0.3 is 19.5 Å². The van der Waals surface area contributed by atoms with Crippen LogP contribution in [-0.2, 0) is 11.3 Å². The molecule has 2 fully saturated rings. The highest BCUT2D eigenvalue weighted by atomic mass is 16.5. The fraction of sp³-hybridized carbons (Fsp3) is 0.481. The molecule has 2 heterocycles. The molecule has 0 bridgehead atoms. The molecule has 0 radical (unpaired) electrons. The first-order valence-corrected chi connectivity index (χ1v) is 12.2. The second kappa shape index (κ2) is 11.1. The Bertz CT molecular complexity index is 1030. The van der Waals surface area contributed by atoms with E-state index in [2.05, 4.69) is 35.3 Å². The minimum Gasteiger partial charge on any atom is -0.494 e. The fourth-order valence-electron chi connectivity index (χ4n) is 4.50. The lowest BCUT2D eigenvalue weighted by atomic mass is 9.92. The van der Waals surface area contributed by atoms with Gasteiger partial charge in [-0.3, -0.25) is 15.0 Å². The number of benzene rings is 2. The first-order chi connectivity index (χ1) is 16.8. The number of carbonyl (C=O) groups excluding carboxylic acids is 2. The fourth-order valence-corrected chi connectivity index (χ4v) is 4.50. The number of likely N-dealkylation sites (tertiary alicyclic amines) is 1. The lowest BCUT2D eigenvalue weighted by molar-refractivity contribution is -0.118. The summed E-state index contributed by atoms with van der Waals surface area (Å²) in [6, 6.07) is 13.8. The van der Waals surface area contributed by atoms with Crippen LogP contribution in [0, 0.1) is 13.8 Å². The minimum absolute atomic E-state index is 0.126.